The number of carbonyl (C=O) groups is 1. The number of hydrogen-bond acceptors (Lipinski definition) is 3. The standard InChI is InChI=1S/C19H23F3N4O/c1-12-8-16(19(20,21)22)26-17(23-12)10-15(24-26)14-6-7-25(11-14)18(27)9-13-4-2-3-5-13/h8,10,13-14H,2-7,9,11H2,1H3/t14-/m0/s1. The van der Waals surface area contributed by atoms with E-state index in [1.165, 1.54) is 12.8 Å². The van der Waals surface area contributed by atoms with Crippen LogP contribution in [0, 0.1) is 12.8 Å². The summed E-state index contributed by atoms with van der Waals surface area (Å²) in [6, 6.07) is 2.63. The first-order chi connectivity index (χ1) is 12.8. The van der Waals surface area contributed by atoms with Crippen molar-refractivity contribution in [1.29, 1.82) is 0 Å². The zero-order chi connectivity index (χ0) is 19.2. The Bertz CT molecular complexity index is 854. The Balaban J connectivity index is 1.52. The Labute approximate surface area is 155 Å². The molecule has 3 heterocycles. The molecular formula is C19H23F3N4O. The third kappa shape index (κ3) is 3.66. The fourth-order valence-corrected chi connectivity index (χ4v) is 4.34. The highest BCUT2D eigenvalue weighted by molar-refractivity contribution is 5.77. The van der Waals surface area contributed by atoms with Gasteiger partial charge in [-0.25, -0.2) is 9.50 Å². The van der Waals surface area contributed by atoms with Gasteiger partial charge in [0.2, 0.25) is 5.91 Å². The van der Waals surface area contributed by atoms with Crippen molar-refractivity contribution in [3.63, 3.8) is 0 Å². The van der Waals surface area contributed by atoms with E-state index in [0.29, 0.717) is 36.8 Å². The second-order valence-corrected chi connectivity index (χ2v) is 7.80. The van der Waals surface area contributed by atoms with Gasteiger partial charge in [-0.1, -0.05) is 12.8 Å². The van der Waals surface area contributed by atoms with Crippen LogP contribution in [0.1, 0.15) is 61.5 Å². The molecule has 0 unspecified atom stereocenters. The van der Waals surface area contributed by atoms with Gasteiger partial charge in [0.25, 0.3) is 0 Å². The summed E-state index contributed by atoms with van der Waals surface area (Å²) in [5.41, 5.74) is 0.271. The molecule has 1 saturated carbocycles. The van der Waals surface area contributed by atoms with Crippen molar-refractivity contribution in [2.45, 2.75) is 57.5 Å². The van der Waals surface area contributed by atoms with Crippen molar-refractivity contribution in [2.24, 2.45) is 5.92 Å². The molecule has 1 atom stereocenters. The molecule has 0 spiro atoms. The summed E-state index contributed by atoms with van der Waals surface area (Å²) in [6.07, 6.45) is 1.48. The summed E-state index contributed by atoms with van der Waals surface area (Å²) in [7, 11) is 0. The van der Waals surface area contributed by atoms with Crippen LogP contribution >= 0.6 is 0 Å². The second kappa shape index (κ2) is 6.80. The number of alkyl halides is 3. The Morgan fingerprint density at radius 3 is 2.67 bits per heavy atom. The molecule has 0 aromatic carbocycles. The zero-order valence-corrected chi connectivity index (χ0v) is 15.3. The second-order valence-electron chi connectivity index (χ2n) is 7.80. The van der Waals surface area contributed by atoms with Crippen LogP contribution in [-0.2, 0) is 11.0 Å². The van der Waals surface area contributed by atoms with Gasteiger partial charge in [0, 0.05) is 37.2 Å². The van der Waals surface area contributed by atoms with Gasteiger partial charge < -0.3 is 4.90 Å². The molecule has 2 aliphatic rings. The first kappa shape index (κ1) is 18.3. The van der Waals surface area contributed by atoms with E-state index in [0.717, 1.165) is 29.8 Å². The van der Waals surface area contributed by atoms with E-state index < -0.39 is 11.9 Å². The summed E-state index contributed by atoms with van der Waals surface area (Å²) in [4.78, 5) is 18.5. The van der Waals surface area contributed by atoms with Gasteiger partial charge in [-0.3, -0.25) is 4.79 Å². The molecule has 2 aromatic heterocycles. The third-order valence-corrected chi connectivity index (χ3v) is 5.76. The van der Waals surface area contributed by atoms with Crippen LogP contribution in [-0.4, -0.2) is 38.5 Å². The Morgan fingerprint density at radius 2 is 1.96 bits per heavy atom. The number of amides is 1. The lowest BCUT2D eigenvalue weighted by Crippen LogP contribution is -2.29. The topological polar surface area (TPSA) is 50.5 Å². The van der Waals surface area contributed by atoms with E-state index >= 15 is 0 Å². The van der Waals surface area contributed by atoms with Crippen LogP contribution in [0.15, 0.2) is 12.1 Å². The van der Waals surface area contributed by atoms with Crippen LogP contribution < -0.4 is 0 Å². The van der Waals surface area contributed by atoms with Crippen LogP contribution in [0.2, 0.25) is 0 Å². The lowest BCUT2D eigenvalue weighted by molar-refractivity contribution is -0.142. The molecule has 27 heavy (non-hydrogen) atoms. The van der Waals surface area contributed by atoms with Gasteiger partial charge in [0.05, 0.1) is 5.69 Å². The number of fused-ring (bicyclic) bond motifs is 1. The van der Waals surface area contributed by atoms with E-state index in [9.17, 15) is 18.0 Å². The Hall–Kier alpha value is -2.12. The maximum Gasteiger partial charge on any atom is 0.433 e. The molecule has 2 fully saturated rings. The molecule has 0 bridgehead atoms. The summed E-state index contributed by atoms with van der Waals surface area (Å²) in [6.45, 7) is 2.71. The molecule has 2 aromatic rings. The van der Waals surface area contributed by atoms with Gasteiger partial charge in [0.1, 0.15) is 5.69 Å². The summed E-state index contributed by atoms with van der Waals surface area (Å²) < 4.78 is 40.8. The quantitative estimate of drug-likeness (QED) is 0.810. The van der Waals surface area contributed by atoms with Gasteiger partial charge in [-0.05, 0) is 38.2 Å². The predicted molar refractivity (Wildman–Crippen MR) is 93.2 cm³/mol. The maximum absolute atomic E-state index is 13.3. The molecule has 0 N–H and O–H groups in total. The average molecular weight is 380 g/mol. The molecule has 1 amide bonds. The minimum atomic E-state index is -4.49. The lowest BCUT2D eigenvalue weighted by Gasteiger charge is -2.18. The molecule has 1 aliphatic heterocycles. The Kier molecular flexibility index (Phi) is 4.60. The largest absolute Gasteiger partial charge is 0.433 e. The van der Waals surface area contributed by atoms with Gasteiger partial charge in [-0.2, -0.15) is 18.3 Å². The third-order valence-electron chi connectivity index (χ3n) is 5.76. The molecule has 146 valence electrons. The number of aryl methyl sites for hydroxylation is 1. The number of likely N-dealkylation sites (tertiary alicyclic amines) is 1. The molecule has 8 heteroatoms. The van der Waals surface area contributed by atoms with E-state index in [2.05, 4.69) is 10.1 Å². The SMILES string of the molecule is Cc1cc(C(F)(F)F)n2nc([C@H]3CCN(C(=O)CC4CCCC4)C3)cc2n1. The molecule has 4 rings (SSSR count). The van der Waals surface area contributed by atoms with Crippen LogP contribution in [0.3, 0.4) is 0 Å². The number of rotatable bonds is 3. The highest BCUT2D eigenvalue weighted by Gasteiger charge is 2.36. The van der Waals surface area contributed by atoms with Crippen molar-refractivity contribution in [3.8, 4) is 0 Å². The fourth-order valence-electron chi connectivity index (χ4n) is 4.34. The number of hydrogen-bond donors (Lipinski definition) is 0. The van der Waals surface area contributed by atoms with Crippen LogP contribution in [0.4, 0.5) is 13.2 Å². The number of halogens is 3. The first-order valence-electron chi connectivity index (χ1n) is 9.53. The zero-order valence-electron chi connectivity index (χ0n) is 15.3. The Morgan fingerprint density at radius 1 is 1.22 bits per heavy atom. The molecule has 1 aliphatic carbocycles. The van der Waals surface area contributed by atoms with Crippen LogP contribution in [0.25, 0.3) is 5.65 Å². The van der Waals surface area contributed by atoms with Gasteiger partial charge in [-0.15, -0.1) is 0 Å². The minimum absolute atomic E-state index is 0.0411. The predicted octanol–water partition coefficient (Wildman–Crippen LogP) is 3.95. The van der Waals surface area contributed by atoms with E-state index in [4.69, 9.17) is 0 Å². The highest BCUT2D eigenvalue weighted by Crippen LogP contribution is 2.33. The molecule has 1 saturated heterocycles. The number of nitrogens with zero attached hydrogens (tertiary/aromatic N) is 4. The summed E-state index contributed by atoms with van der Waals surface area (Å²) >= 11 is 0. The van der Waals surface area contributed by atoms with Crippen molar-refractivity contribution in [2.75, 3.05) is 13.1 Å². The number of carbonyl (C=O) groups excluding carboxylic acids is 1. The van der Waals surface area contributed by atoms with Crippen LogP contribution in [0.5, 0.6) is 0 Å². The van der Waals surface area contributed by atoms with Crippen molar-refractivity contribution in [3.05, 3.63) is 29.2 Å². The van der Waals surface area contributed by atoms with E-state index in [-0.39, 0.29) is 17.5 Å². The first-order valence-corrected chi connectivity index (χ1v) is 9.53. The minimum Gasteiger partial charge on any atom is -0.342 e. The van der Waals surface area contributed by atoms with Gasteiger partial charge in [0.15, 0.2) is 5.65 Å². The van der Waals surface area contributed by atoms with Crippen molar-refractivity contribution >= 4 is 11.6 Å². The smallest absolute Gasteiger partial charge is 0.342 e. The monoisotopic (exact) mass is 380 g/mol. The average Bonchev–Trinajstić information content (AvgIpc) is 3.32. The highest BCUT2D eigenvalue weighted by atomic mass is 19.4. The van der Waals surface area contributed by atoms with Crippen molar-refractivity contribution < 1.29 is 18.0 Å². The normalized spacial score (nSPS) is 21.5. The molecule has 5 nitrogen and oxygen atoms in total. The van der Waals surface area contributed by atoms with E-state index in [1.807, 2.05) is 4.90 Å². The lowest BCUT2D eigenvalue weighted by atomic mass is 10.0. The molecular weight excluding hydrogens is 357 g/mol. The fraction of sp³-hybridized carbons (Fsp3) is 0.632. The maximum atomic E-state index is 13.3. The summed E-state index contributed by atoms with van der Waals surface area (Å²) in [5.74, 6) is 0.618. The van der Waals surface area contributed by atoms with Gasteiger partial charge >= 0.3 is 6.18 Å². The van der Waals surface area contributed by atoms with Crippen molar-refractivity contribution in [1.82, 2.24) is 19.5 Å². The summed E-state index contributed by atoms with van der Waals surface area (Å²) in [5, 5.41) is 4.20. The number of aromatic nitrogens is 3. The molecule has 0 radical (unpaired) electrons. The van der Waals surface area contributed by atoms with E-state index in [1.54, 1.807) is 13.0 Å².